The lowest BCUT2D eigenvalue weighted by Crippen LogP contribution is -2.55. The van der Waals surface area contributed by atoms with Crippen LogP contribution in [0.25, 0.3) is 0 Å². The summed E-state index contributed by atoms with van der Waals surface area (Å²) in [6.07, 6.45) is -0.365. The van der Waals surface area contributed by atoms with E-state index in [4.69, 9.17) is 10.5 Å². The minimum Gasteiger partial charge on any atom is -0.398 e. The molecule has 0 radical (unpaired) electrons. The first-order chi connectivity index (χ1) is 9.32. The number of hydrogen-bond donors (Lipinski definition) is 2. The van der Waals surface area contributed by atoms with E-state index < -0.39 is 5.60 Å². The minimum atomic E-state index is -0.484. The van der Waals surface area contributed by atoms with Crippen molar-refractivity contribution in [1.82, 2.24) is 4.90 Å². The summed E-state index contributed by atoms with van der Waals surface area (Å²) >= 11 is 3.35. The van der Waals surface area contributed by atoms with Gasteiger partial charge in [-0.2, -0.15) is 0 Å². The molecule has 20 heavy (non-hydrogen) atoms. The fourth-order valence-electron chi connectivity index (χ4n) is 2.43. The summed E-state index contributed by atoms with van der Waals surface area (Å²) in [5, 5.41) is 9.30. The molecule has 0 bridgehead atoms. The molecule has 1 aliphatic rings. The standard InChI is InChI=1S/C14H19BrN2O3/c1-14(2)8-17(6-10(7-18)20-14)13(19)11-5-9(15)3-4-12(11)16/h3-5,10,18H,6-8,16H2,1-2H3. The van der Waals surface area contributed by atoms with Gasteiger partial charge in [0.25, 0.3) is 5.91 Å². The molecule has 1 aromatic rings. The Labute approximate surface area is 126 Å². The fourth-order valence-corrected chi connectivity index (χ4v) is 2.79. The van der Waals surface area contributed by atoms with Gasteiger partial charge in [-0.05, 0) is 32.0 Å². The predicted octanol–water partition coefficient (Wildman–Crippen LogP) is 1.64. The fraction of sp³-hybridized carbons (Fsp3) is 0.500. The van der Waals surface area contributed by atoms with Crippen LogP contribution < -0.4 is 5.73 Å². The van der Waals surface area contributed by atoms with Crippen LogP contribution >= 0.6 is 15.9 Å². The zero-order valence-electron chi connectivity index (χ0n) is 11.6. The maximum absolute atomic E-state index is 12.6. The van der Waals surface area contributed by atoms with Crippen molar-refractivity contribution in [1.29, 1.82) is 0 Å². The van der Waals surface area contributed by atoms with Gasteiger partial charge >= 0.3 is 0 Å². The van der Waals surface area contributed by atoms with Crippen LogP contribution in [0.1, 0.15) is 24.2 Å². The van der Waals surface area contributed by atoms with Crippen LogP contribution in [0.2, 0.25) is 0 Å². The molecule has 1 heterocycles. The lowest BCUT2D eigenvalue weighted by molar-refractivity contribution is -0.139. The van der Waals surface area contributed by atoms with Gasteiger partial charge in [0.05, 0.1) is 23.9 Å². The molecule has 6 heteroatoms. The Bertz CT molecular complexity index is 519. The molecule has 110 valence electrons. The molecule has 3 N–H and O–H groups in total. The van der Waals surface area contributed by atoms with E-state index in [1.807, 2.05) is 13.8 Å². The van der Waals surface area contributed by atoms with Gasteiger partial charge in [-0.3, -0.25) is 4.79 Å². The summed E-state index contributed by atoms with van der Waals surface area (Å²) < 4.78 is 6.52. The molecule has 0 spiro atoms. The van der Waals surface area contributed by atoms with E-state index in [1.165, 1.54) is 0 Å². The van der Waals surface area contributed by atoms with Crippen molar-refractivity contribution in [2.24, 2.45) is 0 Å². The average Bonchev–Trinajstić information content (AvgIpc) is 2.38. The van der Waals surface area contributed by atoms with Crippen molar-refractivity contribution in [2.45, 2.75) is 25.6 Å². The van der Waals surface area contributed by atoms with Crippen LogP contribution in [-0.4, -0.2) is 47.3 Å². The van der Waals surface area contributed by atoms with E-state index in [-0.39, 0.29) is 18.6 Å². The molecule has 1 atom stereocenters. The second kappa shape index (κ2) is 5.71. The smallest absolute Gasteiger partial charge is 0.256 e. The number of ether oxygens (including phenoxy) is 1. The molecule has 0 aliphatic carbocycles. The van der Waals surface area contributed by atoms with Crippen LogP contribution in [0.15, 0.2) is 22.7 Å². The number of hydrogen-bond acceptors (Lipinski definition) is 4. The van der Waals surface area contributed by atoms with E-state index in [0.717, 1.165) is 4.47 Å². The van der Waals surface area contributed by atoms with E-state index in [9.17, 15) is 9.90 Å². The zero-order valence-corrected chi connectivity index (χ0v) is 13.2. The van der Waals surface area contributed by atoms with Gasteiger partial charge in [0.15, 0.2) is 0 Å². The number of morpholine rings is 1. The molecule has 0 aromatic heterocycles. The Morgan fingerprint density at radius 3 is 2.95 bits per heavy atom. The summed E-state index contributed by atoms with van der Waals surface area (Å²) in [5.74, 6) is -0.140. The lowest BCUT2D eigenvalue weighted by Gasteiger charge is -2.42. The molecule has 0 saturated carbocycles. The van der Waals surface area contributed by atoms with E-state index in [0.29, 0.717) is 24.3 Å². The molecule has 1 aromatic carbocycles. The van der Waals surface area contributed by atoms with Crippen LogP contribution in [0.5, 0.6) is 0 Å². The number of carbonyl (C=O) groups is 1. The largest absolute Gasteiger partial charge is 0.398 e. The van der Waals surface area contributed by atoms with E-state index in [2.05, 4.69) is 15.9 Å². The summed E-state index contributed by atoms with van der Waals surface area (Å²) in [6.45, 7) is 4.53. The Morgan fingerprint density at radius 2 is 2.30 bits per heavy atom. The van der Waals surface area contributed by atoms with Gasteiger partial charge in [0, 0.05) is 23.2 Å². The Kier molecular flexibility index (Phi) is 4.36. The van der Waals surface area contributed by atoms with E-state index in [1.54, 1.807) is 23.1 Å². The van der Waals surface area contributed by atoms with Gasteiger partial charge in [-0.15, -0.1) is 0 Å². The third-order valence-electron chi connectivity index (χ3n) is 3.22. The zero-order chi connectivity index (χ0) is 14.9. The van der Waals surface area contributed by atoms with Gasteiger partial charge in [-0.1, -0.05) is 15.9 Å². The molecule has 1 aliphatic heterocycles. The number of benzene rings is 1. The maximum atomic E-state index is 12.6. The number of halogens is 1. The van der Waals surface area contributed by atoms with Gasteiger partial charge in [0.2, 0.25) is 0 Å². The quantitative estimate of drug-likeness (QED) is 0.801. The third-order valence-corrected chi connectivity index (χ3v) is 3.71. The molecule has 5 nitrogen and oxygen atoms in total. The second-order valence-electron chi connectivity index (χ2n) is 5.60. The van der Waals surface area contributed by atoms with Crippen molar-refractivity contribution in [3.63, 3.8) is 0 Å². The molecule has 2 rings (SSSR count). The van der Waals surface area contributed by atoms with Gasteiger partial charge in [-0.25, -0.2) is 0 Å². The van der Waals surface area contributed by atoms with Crippen LogP contribution in [-0.2, 0) is 4.74 Å². The number of aliphatic hydroxyl groups excluding tert-OH is 1. The number of nitrogens with two attached hydrogens (primary N) is 1. The van der Waals surface area contributed by atoms with Crippen molar-refractivity contribution in [2.75, 3.05) is 25.4 Å². The average molecular weight is 343 g/mol. The first-order valence-electron chi connectivity index (χ1n) is 6.45. The van der Waals surface area contributed by atoms with Crippen LogP contribution in [0, 0.1) is 0 Å². The number of aliphatic hydroxyl groups is 1. The van der Waals surface area contributed by atoms with Crippen molar-refractivity contribution in [3.8, 4) is 0 Å². The third kappa shape index (κ3) is 3.31. The number of amides is 1. The number of rotatable bonds is 2. The van der Waals surface area contributed by atoms with Gasteiger partial charge < -0.3 is 20.5 Å². The van der Waals surface area contributed by atoms with Gasteiger partial charge in [0.1, 0.15) is 0 Å². The SMILES string of the molecule is CC1(C)CN(C(=O)c2cc(Br)ccc2N)CC(CO)O1. The van der Waals surface area contributed by atoms with Crippen LogP contribution in [0.3, 0.4) is 0 Å². The highest BCUT2D eigenvalue weighted by Crippen LogP contribution is 2.25. The predicted molar refractivity (Wildman–Crippen MR) is 80.5 cm³/mol. The van der Waals surface area contributed by atoms with Crippen molar-refractivity contribution >= 4 is 27.5 Å². The minimum absolute atomic E-state index is 0.110. The van der Waals surface area contributed by atoms with Crippen LogP contribution in [0.4, 0.5) is 5.69 Å². The monoisotopic (exact) mass is 342 g/mol. The van der Waals surface area contributed by atoms with Crippen molar-refractivity contribution < 1.29 is 14.6 Å². The Balaban J connectivity index is 2.25. The normalized spacial score (nSPS) is 21.8. The summed E-state index contributed by atoms with van der Waals surface area (Å²) in [7, 11) is 0. The topological polar surface area (TPSA) is 75.8 Å². The van der Waals surface area contributed by atoms with E-state index >= 15 is 0 Å². The number of nitrogen functional groups attached to an aromatic ring is 1. The molecule has 1 saturated heterocycles. The highest BCUT2D eigenvalue weighted by atomic mass is 79.9. The summed E-state index contributed by atoms with van der Waals surface area (Å²) in [4.78, 5) is 14.3. The molecular weight excluding hydrogens is 324 g/mol. The first kappa shape index (κ1) is 15.3. The molecular formula is C14H19BrN2O3. The maximum Gasteiger partial charge on any atom is 0.256 e. The second-order valence-corrected chi connectivity index (χ2v) is 6.52. The Hall–Kier alpha value is -1.11. The molecule has 1 fully saturated rings. The Morgan fingerprint density at radius 1 is 1.60 bits per heavy atom. The van der Waals surface area contributed by atoms with Crippen molar-refractivity contribution in [3.05, 3.63) is 28.2 Å². The summed E-state index contributed by atoms with van der Waals surface area (Å²) in [6, 6.07) is 5.21. The first-order valence-corrected chi connectivity index (χ1v) is 7.24. The molecule has 1 amide bonds. The lowest BCUT2D eigenvalue weighted by atomic mass is 10.0. The highest BCUT2D eigenvalue weighted by molar-refractivity contribution is 9.10. The molecule has 1 unspecified atom stereocenters. The number of nitrogens with zero attached hydrogens (tertiary/aromatic N) is 1. The number of carbonyl (C=O) groups excluding carboxylic acids is 1. The number of anilines is 1. The highest BCUT2D eigenvalue weighted by Gasteiger charge is 2.36. The summed E-state index contributed by atoms with van der Waals surface area (Å²) in [5.41, 5.74) is 6.31.